The van der Waals surface area contributed by atoms with Crippen molar-refractivity contribution in [3.63, 3.8) is 0 Å². The lowest BCUT2D eigenvalue weighted by Crippen LogP contribution is -2.62. The van der Waals surface area contributed by atoms with E-state index in [-0.39, 0.29) is 18.0 Å². The average Bonchev–Trinajstić information content (AvgIpc) is 2.65. The van der Waals surface area contributed by atoms with Crippen LogP contribution in [0.4, 0.5) is 13.6 Å². The van der Waals surface area contributed by atoms with Crippen molar-refractivity contribution in [2.45, 2.75) is 60.5 Å². The molecule has 0 bridgehead atoms. The highest BCUT2D eigenvalue weighted by atomic mass is 32.2. The number of hydrogen-bond donors (Lipinski definition) is 2. The summed E-state index contributed by atoms with van der Waals surface area (Å²) in [7, 11) is -4.58. The van der Waals surface area contributed by atoms with Gasteiger partial charge in [-0.25, -0.2) is 22.0 Å². The molecule has 2 N–H and O–H groups in total. The Balaban J connectivity index is 2.38. The number of rotatable bonds is 6. The molecule has 1 saturated heterocycles. The number of benzene rings is 1. The minimum atomic E-state index is -4.58. The number of piperidine rings is 1. The van der Waals surface area contributed by atoms with Gasteiger partial charge >= 0.3 is 6.09 Å². The Labute approximate surface area is 172 Å². The van der Waals surface area contributed by atoms with Gasteiger partial charge in [0.2, 0.25) is 15.3 Å². The second-order valence-electron chi connectivity index (χ2n) is 7.99. The first-order chi connectivity index (χ1) is 13.3. The molecule has 0 saturated carbocycles. The first kappa shape index (κ1) is 23.8. The van der Waals surface area contributed by atoms with Crippen molar-refractivity contribution in [3.8, 4) is 0 Å². The van der Waals surface area contributed by atoms with E-state index < -0.39 is 62.1 Å². The Bertz CT molecular complexity index is 809. The third-order valence-electron chi connectivity index (χ3n) is 4.84. The molecule has 3 atom stereocenters. The van der Waals surface area contributed by atoms with Gasteiger partial charge < -0.3 is 14.6 Å². The van der Waals surface area contributed by atoms with Gasteiger partial charge in [0.25, 0.3) is 0 Å². The second-order valence-corrected chi connectivity index (χ2v) is 12.0. The maximum absolute atomic E-state index is 15.8. The number of carboxylic acid groups (broad SMARTS) is 1. The minimum absolute atomic E-state index is 0.218. The molecule has 0 aliphatic carbocycles. The first-order valence-corrected chi connectivity index (χ1v) is 11.8. The Morgan fingerprint density at radius 3 is 2.24 bits per heavy atom. The van der Waals surface area contributed by atoms with E-state index in [0.717, 1.165) is 4.90 Å². The zero-order valence-electron chi connectivity index (χ0n) is 16.5. The number of carbonyl (C=O) groups is 1. The van der Waals surface area contributed by atoms with Crippen LogP contribution in [0.3, 0.4) is 0 Å². The summed E-state index contributed by atoms with van der Waals surface area (Å²) >= 11 is -1.95. The van der Waals surface area contributed by atoms with E-state index in [2.05, 4.69) is 4.72 Å². The molecular weight excluding hydrogens is 426 g/mol. The first-order valence-electron chi connectivity index (χ1n) is 9.07. The molecule has 1 aromatic carbocycles. The van der Waals surface area contributed by atoms with Crippen LogP contribution in [0.1, 0.15) is 33.6 Å². The molecule has 0 radical (unpaired) electrons. The molecule has 2 rings (SSSR count). The molecule has 1 aliphatic heterocycles. The lowest BCUT2D eigenvalue weighted by molar-refractivity contribution is 0.0205. The Morgan fingerprint density at radius 1 is 1.28 bits per heavy atom. The van der Waals surface area contributed by atoms with Gasteiger partial charge in [0.15, 0.2) is 0 Å². The zero-order chi connectivity index (χ0) is 22.0. The standard InChI is InChI=1S/C18H26F2N2O5S2/c1-17(2,3)28(25)21-14(18(20)9-11-22(12-10-18)16(23)24)15(19)29(26,27)13-7-5-4-6-8-13/h4-8,14-15,21H,9-12H2,1-3H3,(H,23,24)/t14-,15?,28-/m0/s1. The number of likely N-dealkylation sites (tertiary alicyclic amines) is 1. The summed E-state index contributed by atoms with van der Waals surface area (Å²) in [6, 6.07) is 4.89. The fraction of sp³-hybridized carbons (Fsp3) is 0.611. The third kappa shape index (κ3) is 5.39. The molecular formula is C18H26F2N2O5S2. The van der Waals surface area contributed by atoms with Crippen molar-refractivity contribution in [1.82, 2.24) is 9.62 Å². The summed E-state index contributed by atoms with van der Waals surface area (Å²) in [5, 5.41) is 9.06. The molecule has 11 heteroatoms. The molecule has 0 aromatic heterocycles. The van der Waals surface area contributed by atoms with Gasteiger partial charge in [-0.3, -0.25) is 0 Å². The Morgan fingerprint density at radius 2 is 1.79 bits per heavy atom. The number of sulfone groups is 1. The normalized spacial score (nSPS) is 20.7. The number of nitrogens with zero attached hydrogens (tertiary/aromatic N) is 1. The zero-order valence-corrected chi connectivity index (χ0v) is 18.1. The van der Waals surface area contributed by atoms with E-state index in [1.54, 1.807) is 26.8 Å². The number of amides is 1. The SMILES string of the molecule is CC(C)(C)[S@+]([O-])N[C@@H](C(F)S(=O)(=O)c1ccccc1)C1(F)CCN(C(=O)O)CC1. The number of alkyl halides is 2. The van der Waals surface area contributed by atoms with Crippen LogP contribution in [0.2, 0.25) is 0 Å². The summed E-state index contributed by atoms with van der Waals surface area (Å²) in [6.45, 7) is 4.33. The summed E-state index contributed by atoms with van der Waals surface area (Å²) in [6.07, 6.45) is -2.06. The minimum Gasteiger partial charge on any atom is -0.598 e. The molecule has 1 fully saturated rings. The van der Waals surface area contributed by atoms with Crippen LogP contribution in [0, 0.1) is 0 Å². The fourth-order valence-electron chi connectivity index (χ4n) is 2.99. The van der Waals surface area contributed by atoms with Crippen molar-refractivity contribution in [1.29, 1.82) is 0 Å². The highest BCUT2D eigenvalue weighted by Crippen LogP contribution is 2.36. The van der Waals surface area contributed by atoms with Crippen molar-refractivity contribution in [2.24, 2.45) is 0 Å². The largest absolute Gasteiger partial charge is 0.598 e. The highest BCUT2D eigenvalue weighted by molar-refractivity contribution is 7.92. The third-order valence-corrected chi connectivity index (χ3v) is 8.22. The smallest absolute Gasteiger partial charge is 0.407 e. The highest BCUT2D eigenvalue weighted by Gasteiger charge is 2.53. The summed E-state index contributed by atoms with van der Waals surface area (Å²) in [5.74, 6) is 0. The van der Waals surface area contributed by atoms with Crippen LogP contribution in [0.5, 0.6) is 0 Å². The van der Waals surface area contributed by atoms with Crippen molar-refractivity contribution < 1.29 is 31.7 Å². The van der Waals surface area contributed by atoms with Gasteiger partial charge in [-0.1, -0.05) is 18.2 Å². The van der Waals surface area contributed by atoms with Gasteiger partial charge in [0, 0.05) is 37.3 Å². The number of nitrogens with one attached hydrogen (secondary N) is 1. The molecule has 0 spiro atoms. The molecule has 1 heterocycles. The fourth-order valence-corrected chi connectivity index (χ4v) is 5.45. The van der Waals surface area contributed by atoms with Crippen molar-refractivity contribution in [2.75, 3.05) is 13.1 Å². The summed E-state index contributed by atoms with van der Waals surface area (Å²) in [5.41, 5.74) is -5.11. The molecule has 164 valence electrons. The molecule has 1 amide bonds. The van der Waals surface area contributed by atoms with Crippen LogP contribution in [-0.4, -0.2) is 64.1 Å². The van der Waals surface area contributed by atoms with E-state index >= 15 is 8.78 Å². The Kier molecular flexibility index (Phi) is 7.19. The maximum atomic E-state index is 15.8. The monoisotopic (exact) mass is 452 g/mol. The molecule has 1 aromatic rings. The summed E-state index contributed by atoms with van der Waals surface area (Å²) in [4.78, 5) is 11.8. The molecule has 1 aliphatic rings. The number of halogens is 2. The predicted molar refractivity (Wildman–Crippen MR) is 106 cm³/mol. The topological polar surface area (TPSA) is 110 Å². The van der Waals surface area contributed by atoms with Crippen molar-refractivity contribution >= 4 is 27.3 Å². The predicted octanol–water partition coefficient (Wildman–Crippen LogP) is 2.66. The molecule has 29 heavy (non-hydrogen) atoms. The lowest BCUT2D eigenvalue weighted by Gasteiger charge is -2.41. The van der Waals surface area contributed by atoms with Crippen LogP contribution in [0.15, 0.2) is 35.2 Å². The summed E-state index contributed by atoms with van der Waals surface area (Å²) < 4.78 is 70.8. The Hall–Kier alpha value is -1.43. The average molecular weight is 453 g/mol. The van der Waals surface area contributed by atoms with E-state index in [4.69, 9.17) is 5.11 Å². The quantitative estimate of drug-likeness (QED) is 0.642. The van der Waals surface area contributed by atoms with E-state index in [9.17, 15) is 17.8 Å². The van der Waals surface area contributed by atoms with Gasteiger partial charge in [-0.2, -0.15) is 0 Å². The van der Waals surface area contributed by atoms with Gasteiger partial charge in [-0.05, 0) is 32.9 Å². The van der Waals surface area contributed by atoms with Gasteiger partial charge in [0.1, 0.15) is 16.5 Å². The van der Waals surface area contributed by atoms with E-state index in [1.807, 2.05) is 0 Å². The number of hydrogen-bond acceptors (Lipinski definition) is 5. The molecule has 1 unspecified atom stereocenters. The van der Waals surface area contributed by atoms with Gasteiger partial charge in [0.05, 0.1) is 4.90 Å². The van der Waals surface area contributed by atoms with Gasteiger partial charge in [-0.15, -0.1) is 4.72 Å². The van der Waals surface area contributed by atoms with Crippen molar-refractivity contribution in [3.05, 3.63) is 30.3 Å². The van der Waals surface area contributed by atoms with E-state index in [0.29, 0.717) is 0 Å². The lowest BCUT2D eigenvalue weighted by atomic mass is 9.87. The van der Waals surface area contributed by atoms with Crippen LogP contribution >= 0.6 is 0 Å². The van der Waals surface area contributed by atoms with Crippen LogP contribution in [0.25, 0.3) is 0 Å². The second kappa shape index (κ2) is 8.75. The van der Waals surface area contributed by atoms with E-state index in [1.165, 1.54) is 24.3 Å². The van der Waals surface area contributed by atoms with Crippen LogP contribution < -0.4 is 4.72 Å². The van der Waals surface area contributed by atoms with Crippen LogP contribution in [-0.2, 0) is 21.2 Å². The molecule has 7 nitrogen and oxygen atoms in total. The maximum Gasteiger partial charge on any atom is 0.407 e.